The second-order valence-corrected chi connectivity index (χ2v) is 12.4. The first kappa shape index (κ1) is 27.0. The molecule has 1 unspecified atom stereocenters. The Morgan fingerprint density at radius 3 is 2.59 bits per heavy atom. The number of aromatic nitrogens is 2. The first-order chi connectivity index (χ1) is 18.7. The number of pyridine rings is 2. The highest BCUT2D eigenvalue weighted by molar-refractivity contribution is 7.91. The Bertz CT molecular complexity index is 1720. The summed E-state index contributed by atoms with van der Waals surface area (Å²) in [4.78, 5) is 43.9. The Hall–Kier alpha value is -3.58. The van der Waals surface area contributed by atoms with E-state index in [4.69, 9.17) is 16.3 Å². The van der Waals surface area contributed by atoms with Gasteiger partial charge >= 0.3 is 5.97 Å². The number of ether oxygens (including phenoxy) is 1. The highest BCUT2D eigenvalue weighted by Gasteiger charge is 2.42. The minimum Gasteiger partial charge on any atom is -0.468 e. The second-order valence-electron chi connectivity index (χ2n) is 8.78. The molecule has 1 atom stereocenters. The smallest absolute Gasteiger partial charge is 0.321 e. The summed E-state index contributed by atoms with van der Waals surface area (Å²) in [5.74, 6) is -1.25. The van der Waals surface area contributed by atoms with Crippen molar-refractivity contribution in [3.8, 4) is 5.69 Å². The molecule has 0 radical (unpaired) electrons. The van der Waals surface area contributed by atoms with Crippen LogP contribution in [0.2, 0.25) is 5.15 Å². The number of fused-ring (bicyclic) bond motifs is 1. The van der Waals surface area contributed by atoms with Crippen LogP contribution in [-0.2, 0) is 24.3 Å². The zero-order valence-corrected chi connectivity index (χ0v) is 23.1. The number of anilines is 1. The number of piperidine rings is 1. The molecular weight excluding hydrogens is 564 g/mol. The SMILES string of the molecule is COC(=O)CN(C1CCCN(c2ccc(-n3ccccc3=O)cc2)C1=O)S(=O)(=O)c1cc2nc(Cl)ccc2s1. The maximum absolute atomic E-state index is 13.8. The van der Waals surface area contributed by atoms with Crippen molar-refractivity contribution in [3.05, 3.63) is 82.4 Å². The lowest BCUT2D eigenvalue weighted by atomic mass is 10.0. The summed E-state index contributed by atoms with van der Waals surface area (Å²) in [6.45, 7) is -0.251. The molecule has 3 aromatic heterocycles. The molecule has 0 saturated carbocycles. The molecule has 0 N–H and O–H groups in total. The van der Waals surface area contributed by atoms with E-state index in [1.54, 1.807) is 54.7 Å². The summed E-state index contributed by atoms with van der Waals surface area (Å²) >= 11 is 6.95. The van der Waals surface area contributed by atoms with Crippen LogP contribution in [0, 0.1) is 0 Å². The topological polar surface area (TPSA) is 119 Å². The molecule has 4 heterocycles. The van der Waals surface area contributed by atoms with E-state index < -0.39 is 34.5 Å². The van der Waals surface area contributed by atoms with Gasteiger partial charge in [-0.3, -0.25) is 19.0 Å². The highest BCUT2D eigenvalue weighted by Crippen LogP contribution is 2.34. The third kappa shape index (κ3) is 5.33. The van der Waals surface area contributed by atoms with Crippen molar-refractivity contribution in [2.75, 3.05) is 25.1 Å². The van der Waals surface area contributed by atoms with Crippen molar-refractivity contribution in [3.63, 3.8) is 0 Å². The van der Waals surface area contributed by atoms with Crippen LogP contribution in [0.15, 0.2) is 75.9 Å². The molecule has 202 valence electrons. The lowest BCUT2D eigenvalue weighted by Gasteiger charge is -2.37. The molecule has 39 heavy (non-hydrogen) atoms. The van der Waals surface area contributed by atoms with E-state index in [2.05, 4.69) is 4.98 Å². The average molecular weight is 587 g/mol. The van der Waals surface area contributed by atoms with Crippen molar-refractivity contribution < 1.29 is 22.7 Å². The number of benzene rings is 1. The van der Waals surface area contributed by atoms with E-state index in [0.717, 1.165) is 22.8 Å². The molecule has 10 nitrogen and oxygen atoms in total. The van der Waals surface area contributed by atoms with E-state index in [0.29, 0.717) is 34.6 Å². The van der Waals surface area contributed by atoms with Gasteiger partial charge in [0.1, 0.15) is 21.9 Å². The molecule has 0 spiro atoms. The number of rotatable bonds is 7. The van der Waals surface area contributed by atoms with E-state index in [1.165, 1.54) is 21.6 Å². The van der Waals surface area contributed by atoms with E-state index in [-0.39, 0.29) is 21.3 Å². The maximum Gasteiger partial charge on any atom is 0.321 e. The molecule has 0 bridgehead atoms. The van der Waals surface area contributed by atoms with Crippen molar-refractivity contribution in [2.45, 2.75) is 23.1 Å². The second kappa shape index (κ2) is 10.9. The first-order valence-corrected chi connectivity index (χ1v) is 14.6. The van der Waals surface area contributed by atoms with Crippen LogP contribution in [0.4, 0.5) is 5.69 Å². The van der Waals surface area contributed by atoms with Gasteiger partial charge in [0.25, 0.3) is 15.6 Å². The Balaban J connectivity index is 1.47. The average Bonchev–Trinajstić information content (AvgIpc) is 3.36. The zero-order chi connectivity index (χ0) is 27.7. The van der Waals surface area contributed by atoms with Gasteiger partial charge in [0.05, 0.1) is 17.3 Å². The van der Waals surface area contributed by atoms with Crippen molar-refractivity contribution in [1.82, 2.24) is 13.9 Å². The predicted molar refractivity (Wildman–Crippen MR) is 148 cm³/mol. The zero-order valence-electron chi connectivity index (χ0n) is 20.7. The summed E-state index contributed by atoms with van der Waals surface area (Å²) in [7, 11) is -3.12. The van der Waals surface area contributed by atoms with Crippen LogP contribution in [0.3, 0.4) is 0 Å². The van der Waals surface area contributed by atoms with Gasteiger partial charge in [-0.2, -0.15) is 4.31 Å². The number of carbonyl (C=O) groups is 2. The van der Waals surface area contributed by atoms with Gasteiger partial charge in [-0.25, -0.2) is 13.4 Å². The van der Waals surface area contributed by atoms with E-state index in [1.807, 2.05) is 0 Å². The molecule has 1 saturated heterocycles. The van der Waals surface area contributed by atoms with Crippen LogP contribution in [0.5, 0.6) is 0 Å². The van der Waals surface area contributed by atoms with Gasteiger partial charge in [-0.15, -0.1) is 11.3 Å². The van der Waals surface area contributed by atoms with E-state index in [9.17, 15) is 22.8 Å². The van der Waals surface area contributed by atoms with Gasteiger partial charge in [-0.05, 0) is 61.4 Å². The molecule has 0 aliphatic carbocycles. The fourth-order valence-corrected chi connectivity index (χ4v) is 7.65. The number of methoxy groups -OCH3 is 1. The number of esters is 1. The summed E-state index contributed by atoms with van der Waals surface area (Å²) in [6, 6.07) is 15.2. The predicted octanol–water partition coefficient (Wildman–Crippen LogP) is 3.46. The number of amides is 1. The van der Waals surface area contributed by atoms with E-state index >= 15 is 0 Å². The lowest BCUT2D eigenvalue weighted by molar-refractivity contribution is -0.141. The Labute approximate surface area is 233 Å². The number of carbonyl (C=O) groups excluding carboxylic acids is 2. The summed E-state index contributed by atoms with van der Waals surface area (Å²) in [6.07, 6.45) is 2.39. The molecule has 1 aliphatic rings. The molecule has 1 aliphatic heterocycles. The number of hydrogen-bond acceptors (Lipinski definition) is 8. The van der Waals surface area contributed by atoms with Gasteiger partial charge < -0.3 is 9.64 Å². The number of sulfonamides is 1. The van der Waals surface area contributed by atoms with Gasteiger partial charge in [0, 0.05) is 30.2 Å². The fourth-order valence-electron chi connectivity index (χ4n) is 4.49. The van der Waals surface area contributed by atoms with Gasteiger partial charge in [0.15, 0.2) is 0 Å². The van der Waals surface area contributed by atoms with Gasteiger partial charge in [-0.1, -0.05) is 17.7 Å². The standard InChI is InChI=1S/C26H23ClN4O6S2/c1-37-24(33)16-31(39(35,36)25-15-19-21(38-25)11-12-22(27)28-19)20-5-4-14-30(26(20)34)18-9-7-17(8-10-18)29-13-3-2-6-23(29)32/h2-3,6-13,15,20H,4-5,14,16H2,1H3. The quantitative estimate of drug-likeness (QED) is 0.240. The molecule has 1 amide bonds. The van der Waals surface area contributed by atoms with Crippen LogP contribution in [-0.4, -0.2) is 60.4 Å². The molecule has 1 aromatic carbocycles. The molecular formula is C26H23ClN4O6S2. The van der Waals surface area contributed by atoms with Crippen LogP contribution in [0.1, 0.15) is 12.8 Å². The molecule has 4 aromatic rings. The largest absolute Gasteiger partial charge is 0.468 e. The van der Waals surface area contributed by atoms with Crippen LogP contribution in [0.25, 0.3) is 15.9 Å². The summed E-state index contributed by atoms with van der Waals surface area (Å²) < 4.78 is 35.3. The maximum atomic E-state index is 13.8. The highest BCUT2D eigenvalue weighted by atomic mass is 35.5. The number of thiophene rings is 1. The minimum atomic E-state index is -4.28. The summed E-state index contributed by atoms with van der Waals surface area (Å²) in [5, 5.41) is 0.219. The lowest BCUT2D eigenvalue weighted by Crippen LogP contribution is -2.55. The number of hydrogen-bond donors (Lipinski definition) is 0. The minimum absolute atomic E-state index is 0.0567. The first-order valence-electron chi connectivity index (χ1n) is 11.9. The Morgan fingerprint density at radius 1 is 1.13 bits per heavy atom. The molecule has 13 heteroatoms. The van der Waals surface area contributed by atoms with Crippen molar-refractivity contribution >= 4 is 60.7 Å². The third-order valence-corrected chi connectivity index (χ3v) is 10.0. The number of nitrogens with zero attached hydrogens (tertiary/aromatic N) is 4. The van der Waals surface area contributed by atoms with Crippen LogP contribution < -0.4 is 10.5 Å². The van der Waals surface area contributed by atoms with Gasteiger partial charge in [0.2, 0.25) is 5.91 Å². The fraction of sp³-hybridized carbons (Fsp3) is 0.231. The monoisotopic (exact) mass is 586 g/mol. The Morgan fingerprint density at radius 2 is 1.87 bits per heavy atom. The van der Waals surface area contributed by atoms with Crippen LogP contribution >= 0.6 is 22.9 Å². The number of halogens is 1. The normalized spacial score (nSPS) is 16.1. The Kier molecular flexibility index (Phi) is 7.54. The molecule has 1 fully saturated rings. The molecule has 5 rings (SSSR count). The van der Waals surface area contributed by atoms with Crippen molar-refractivity contribution in [2.24, 2.45) is 0 Å². The third-order valence-electron chi connectivity index (χ3n) is 6.41. The van der Waals surface area contributed by atoms with Crippen molar-refractivity contribution in [1.29, 1.82) is 0 Å². The summed E-state index contributed by atoms with van der Waals surface area (Å²) in [5.41, 5.74) is 1.38.